The smallest absolute Gasteiger partial charge is 0.193 e. The van der Waals surface area contributed by atoms with Crippen LogP contribution in [0.25, 0.3) is 0 Å². The van der Waals surface area contributed by atoms with Gasteiger partial charge in [0.05, 0.1) is 0 Å². The number of ketones is 1. The van der Waals surface area contributed by atoms with Gasteiger partial charge in [-0.1, -0.05) is 48.5 Å². The van der Waals surface area contributed by atoms with Gasteiger partial charge in [0.2, 0.25) is 0 Å². The van der Waals surface area contributed by atoms with Crippen LogP contribution in [0.15, 0.2) is 48.5 Å². The zero-order valence-electron chi connectivity index (χ0n) is 19.9. The van der Waals surface area contributed by atoms with Crippen LogP contribution in [0.5, 0.6) is 0 Å². The number of carbonyl (C=O) groups excluding carboxylic acids is 1. The molecule has 5 heteroatoms. The lowest BCUT2D eigenvalue weighted by Gasteiger charge is -2.42. The van der Waals surface area contributed by atoms with Crippen molar-refractivity contribution in [1.82, 2.24) is 9.80 Å². The van der Waals surface area contributed by atoms with Crippen molar-refractivity contribution in [3.8, 4) is 0 Å². The number of benzene rings is 2. The minimum atomic E-state index is -0.474. The zero-order chi connectivity index (χ0) is 22.8. The summed E-state index contributed by atoms with van der Waals surface area (Å²) in [6, 6.07) is 16.0. The third-order valence-corrected chi connectivity index (χ3v) is 7.40. The summed E-state index contributed by atoms with van der Waals surface area (Å²) in [5.41, 5.74) is 2.48. The normalized spacial score (nSPS) is 27.4. The summed E-state index contributed by atoms with van der Waals surface area (Å²) >= 11 is 0. The fourth-order valence-electron chi connectivity index (χ4n) is 5.75. The number of ether oxygens (including phenoxy) is 2. The number of rotatable bonds is 6. The van der Waals surface area contributed by atoms with Crippen molar-refractivity contribution in [1.29, 1.82) is 0 Å². The van der Waals surface area contributed by atoms with E-state index in [1.54, 1.807) is 14.2 Å². The third-order valence-electron chi connectivity index (χ3n) is 7.40. The van der Waals surface area contributed by atoms with Crippen LogP contribution in [0.4, 0.5) is 0 Å². The molecule has 0 aromatic heterocycles. The Kier molecular flexibility index (Phi) is 6.82. The van der Waals surface area contributed by atoms with Crippen molar-refractivity contribution >= 4 is 5.78 Å². The summed E-state index contributed by atoms with van der Waals surface area (Å²) in [5.74, 6) is 0.0468. The number of hydrogen-bond donors (Lipinski definition) is 0. The molecule has 2 aromatic rings. The van der Waals surface area contributed by atoms with Gasteiger partial charge in [-0.15, -0.1) is 0 Å². The van der Waals surface area contributed by atoms with E-state index in [4.69, 9.17) is 9.47 Å². The van der Waals surface area contributed by atoms with E-state index < -0.39 is 11.2 Å². The molecule has 2 fully saturated rings. The van der Waals surface area contributed by atoms with Crippen molar-refractivity contribution in [3.05, 3.63) is 70.8 Å². The number of methoxy groups -OCH3 is 2. The van der Waals surface area contributed by atoms with Crippen molar-refractivity contribution < 1.29 is 14.3 Å². The lowest BCUT2D eigenvalue weighted by atomic mass is 9.78. The Morgan fingerprint density at radius 2 is 1.16 bits per heavy atom. The van der Waals surface area contributed by atoms with Crippen LogP contribution in [0, 0.1) is 0 Å². The van der Waals surface area contributed by atoms with E-state index >= 15 is 0 Å². The number of carbonyl (C=O) groups is 1. The zero-order valence-corrected chi connectivity index (χ0v) is 19.9. The SMILES string of the molecule is COC1(c2ccccc2C(=O)c2ccccc2C2(OC)CCCN(C)C2)CCCN(C)C1. The number of likely N-dealkylation sites (N-methyl/N-ethyl adjacent to an activating group) is 2. The Hall–Kier alpha value is -2.05. The Balaban J connectivity index is 1.80. The van der Waals surface area contributed by atoms with Gasteiger partial charge in [0.15, 0.2) is 5.78 Å². The second kappa shape index (κ2) is 9.44. The second-order valence-electron chi connectivity index (χ2n) is 9.50. The van der Waals surface area contributed by atoms with Gasteiger partial charge in [-0.2, -0.15) is 0 Å². The van der Waals surface area contributed by atoms with Crippen molar-refractivity contribution in [2.45, 2.75) is 36.9 Å². The van der Waals surface area contributed by atoms with Crippen LogP contribution in [-0.2, 0) is 20.7 Å². The topological polar surface area (TPSA) is 42.0 Å². The minimum absolute atomic E-state index is 0.0468. The molecule has 2 unspecified atom stereocenters. The monoisotopic (exact) mass is 436 g/mol. The van der Waals surface area contributed by atoms with Crippen molar-refractivity contribution in [2.75, 3.05) is 54.5 Å². The van der Waals surface area contributed by atoms with Gasteiger partial charge in [-0.25, -0.2) is 0 Å². The molecule has 2 aromatic carbocycles. The van der Waals surface area contributed by atoms with E-state index in [-0.39, 0.29) is 5.78 Å². The molecule has 0 N–H and O–H groups in total. The summed E-state index contributed by atoms with van der Waals surface area (Å²) < 4.78 is 12.3. The van der Waals surface area contributed by atoms with Crippen LogP contribution in [-0.4, -0.2) is 70.1 Å². The standard InChI is InChI=1S/C27H36N2O3/c1-28-17-9-15-26(19-28,31-3)23-13-7-5-11-21(23)25(30)22-12-6-8-14-24(22)27(32-4)16-10-18-29(2)20-27/h5-8,11-14H,9-10,15-20H2,1-4H3. The number of nitrogens with zero attached hydrogens (tertiary/aromatic N) is 2. The molecule has 0 spiro atoms. The fraction of sp³-hybridized carbons (Fsp3) is 0.519. The molecule has 0 aliphatic carbocycles. The molecule has 2 aliphatic rings. The van der Waals surface area contributed by atoms with Crippen LogP contribution in [0.1, 0.15) is 52.7 Å². The van der Waals surface area contributed by atoms with Gasteiger partial charge >= 0.3 is 0 Å². The van der Waals surface area contributed by atoms with E-state index in [2.05, 4.69) is 36.0 Å². The first-order valence-electron chi connectivity index (χ1n) is 11.7. The lowest BCUT2D eigenvalue weighted by molar-refractivity contribution is -0.0650. The first-order chi connectivity index (χ1) is 15.4. The quantitative estimate of drug-likeness (QED) is 0.639. The summed E-state index contributed by atoms with van der Waals surface area (Å²) in [7, 11) is 7.78. The molecule has 2 heterocycles. The van der Waals surface area contributed by atoms with Crippen LogP contribution < -0.4 is 0 Å². The molecule has 5 nitrogen and oxygen atoms in total. The Morgan fingerprint density at radius 1 is 0.750 bits per heavy atom. The fourth-order valence-corrected chi connectivity index (χ4v) is 5.75. The first-order valence-corrected chi connectivity index (χ1v) is 11.7. The van der Waals surface area contributed by atoms with Crippen LogP contribution >= 0.6 is 0 Å². The van der Waals surface area contributed by atoms with Gasteiger partial charge < -0.3 is 19.3 Å². The summed E-state index contributed by atoms with van der Waals surface area (Å²) in [5, 5.41) is 0. The van der Waals surface area contributed by atoms with Crippen molar-refractivity contribution in [2.24, 2.45) is 0 Å². The minimum Gasteiger partial charge on any atom is -0.372 e. The number of hydrogen-bond acceptors (Lipinski definition) is 5. The highest BCUT2D eigenvalue weighted by Crippen LogP contribution is 2.40. The van der Waals surface area contributed by atoms with Gasteiger partial charge in [0.1, 0.15) is 11.2 Å². The molecule has 2 saturated heterocycles. The molecular formula is C27H36N2O3. The van der Waals surface area contributed by atoms with Gasteiger partial charge in [0, 0.05) is 38.4 Å². The number of piperidine rings is 2. The molecule has 0 radical (unpaired) electrons. The Bertz CT molecular complexity index is 886. The highest BCUT2D eigenvalue weighted by molar-refractivity contribution is 6.11. The van der Waals surface area contributed by atoms with E-state index in [1.165, 1.54) is 0 Å². The molecule has 0 bridgehead atoms. The van der Waals surface area contributed by atoms with E-state index in [0.717, 1.165) is 74.1 Å². The third kappa shape index (κ3) is 4.15. The molecule has 0 amide bonds. The van der Waals surface area contributed by atoms with Crippen molar-refractivity contribution in [3.63, 3.8) is 0 Å². The van der Waals surface area contributed by atoms with Gasteiger partial charge in [-0.3, -0.25) is 4.79 Å². The van der Waals surface area contributed by atoms with E-state index in [9.17, 15) is 4.79 Å². The summed E-state index contributed by atoms with van der Waals surface area (Å²) in [4.78, 5) is 18.7. The van der Waals surface area contributed by atoms with E-state index in [0.29, 0.717) is 0 Å². The predicted octanol–water partition coefficient (Wildman–Crippen LogP) is 4.05. The molecule has 2 aliphatic heterocycles. The average molecular weight is 437 g/mol. The molecular weight excluding hydrogens is 400 g/mol. The maximum atomic E-state index is 14.1. The molecule has 0 saturated carbocycles. The van der Waals surface area contributed by atoms with Gasteiger partial charge in [0.25, 0.3) is 0 Å². The van der Waals surface area contributed by atoms with E-state index in [1.807, 2.05) is 36.4 Å². The van der Waals surface area contributed by atoms with Crippen LogP contribution in [0.2, 0.25) is 0 Å². The summed E-state index contributed by atoms with van der Waals surface area (Å²) in [6.07, 6.45) is 3.91. The maximum absolute atomic E-state index is 14.1. The molecule has 32 heavy (non-hydrogen) atoms. The lowest BCUT2D eigenvalue weighted by Crippen LogP contribution is -2.47. The first kappa shape index (κ1) is 23.1. The maximum Gasteiger partial charge on any atom is 0.193 e. The summed E-state index contributed by atoms with van der Waals surface area (Å²) in [6.45, 7) is 3.66. The molecule has 2 atom stereocenters. The van der Waals surface area contributed by atoms with Gasteiger partial charge in [-0.05, 0) is 64.0 Å². The van der Waals surface area contributed by atoms with Crippen LogP contribution in [0.3, 0.4) is 0 Å². The average Bonchev–Trinajstić information content (AvgIpc) is 2.83. The number of likely N-dealkylation sites (tertiary alicyclic amines) is 2. The highest BCUT2D eigenvalue weighted by atomic mass is 16.5. The highest BCUT2D eigenvalue weighted by Gasteiger charge is 2.41. The molecule has 172 valence electrons. The largest absolute Gasteiger partial charge is 0.372 e. The molecule has 4 rings (SSSR count). The Morgan fingerprint density at radius 3 is 1.53 bits per heavy atom. The predicted molar refractivity (Wildman–Crippen MR) is 127 cm³/mol. The Labute approximate surface area is 192 Å². The second-order valence-corrected chi connectivity index (χ2v) is 9.50.